The minimum atomic E-state index is -0.266. The van der Waals surface area contributed by atoms with Crippen molar-refractivity contribution in [1.82, 2.24) is 0 Å². The van der Waals surface area contributed by atoms with E-state index in [1.54, 1.807) is 18.2 Å². The zero-order valence-electron chi connectivity index (χ0n) is 13.8. The Hall–Kier alpha value is -2.47. The molecule has 1 amide bonds. The van der Waals surface area contributed by atoms with Gasteiger partial charge < -0.3 is 20.5 Å². The molecule has 0 saturated heterocycles. The molecule has 1 atom stereocenters. The first-order chi connectivity index (χ1) is 11.5. The van der Waals surface area contributed by atoms with Crippen molar-refractivity contribution < 1.29 is 18.7 Å². The summed E-state index contributed by atoms with van der Waals surface area (Å²) in [7, 11) is 0. The minimum Gasteiger partial charge on any atom is -0.454 e. The summed E-state index contributed by atoms with van der Waals surface area (Å²) in [6, 6.07) is 9.71. The van der Waals surface area contributed by atoms with Gasteiger partial charge in [0.05, 0.1) is 11.4 Å². The van der Waals surface area contributed by atoms with Crippen LogP contribution in [-0.4, -0.2) is 12.7 Å². The highest BCUT2D eigenvalue weighted by atomic mass is 35.5. The lowest BCUT2D eigenvalue weighted by atomic mass is 9.97. The standard InChI is InChI=1S/C18H19FN2O3.ClH/c1-11(5-12-3-2-4-13(19)7-12)6-18(22)21-15-9-17-16(8-14(15)20)23-10-24-17;/h2-4,7-9,11H,5-6,10,20H2,1H3,(H,21,22);1H. The number of nitrogens with one attached hydrogen (secondary N) is 1. The van der Waals surface area contributed by atoms with Gasteiger partial charge in [0.1, 0.15) is 5.82 Å². The fourth-order valence-corrected chi connectivity index (χ4v) is 2.72. The lowest BCUT2D eigenvalue weighted by Crippen LogP contribution is -2.17. The summed E-state index contributed by atoms with van der Waals surface area (Å²) in [4.78, 5) is 12.2. The molecule has 1 heterocycles. The molecule has 3 rings (SSSR count). The van der Waals surface area contributed by atoms with E-state index in [0.717, 1.165) is 5.56 Å². The Morgan fingerprint density at radius 2 is 2.00 bits per heavy atom. The van der Waals surface area contributed by atoms with Crippen molar-refractivity contribution in [3.8, 4) is 11.5 Å². The van der Waals surface area contributed by atoms with Crippen molar-refractivity contribution in [2.24, 2.45) is 5.92 Å². The minimum absolute atomic E-state index is 0. The average Bonchev–Trinajstić information content (AvgIpc) is 2.94. The van der Waals surface area contributed by atoms with Crippen LogP contribution in [0.25, 0.3) is 0 Å². The molecule has 0 aliphatic carbocycles. The van der Waals surface area contributed by atoms with Gasteiger partial charge in [0.2, 0.25) is 12.7 Å². The van der Waals surface area contributed by atoms with Crippen molar-refractivity contribution in [3.63, 3.8) is 0 Å². The Kier molecular flexibility index (Phi) is 6.09. The van der Waals surface area contributed by atoms with E-state index in [1.165, 1.54) is 12.1 Å². The van der Waals surface area contributed by atoms with Crippen LogP contribution < -0.4 is 20.5 Å². The van der Waals surface area contributed by atoms with Crippen LogP contribution >= 0.6 is 12.4 Å². The van der Waals surface area contributed by atoms with Gasteiger partial charge in [-0.15, -0.1) is 12.4 Å². The lowest BCUT2D eigenvalue weighted by Gasteiger charge is -2.13. The molecule has 0 spiro atoms. The van der Waals surface area contributed by atoms with Crippen LogP contribution in [0.1, 0.15) is 18.9 Å². The summed E-state index contributed by atoms with van der Waals surface area (Å²) >= 11 is 0. The van der Waals surface area contributed by atoms with Gasteiger partial charge in [-0.05, 0) is 30.0 Å². The number of ether oxygens (including phenoxy) is 2. The number of rotatable bonds is 5. The van der Waals surface area contributed by atoms with E-state index in [4.69, 9.17) is 15.2 Å². The predicted octanol–water partition coefficient (Wildman–Crippen LogP) is 3.77. The molecule has 0 radical (unpaired) electrons. The van der Waals surface area contributed by atoms with Gasteiger partial charge in [0.15, 0.2) is 11.5 Å². The molecule has 0 aromatic heterocycles. The fraction of sp³-hybridized carbons (Fsp3) is 0.278. The summed E-state index contributed by atoms with van der Waals surface area (Å²) in [5.41, 5.74) is 7.72. The molecular weight excluding hydrogens is 347 g/mol. The van der Waals surface area contributed by atoms with Gasteiger partial charge in [0.25, 0.3) is 0 Å². The molecule has 1 unspecified atom stereocenters. The fourth-order valence-electron chi connectivity index (χ4n) is 2.72. The van der Waals surface area contributed by atoms with Crippen LogP contribution in [0.2, 0.25) is 0 Å². The number of amides is 1. The van der Waals surface area contributed by atoms with Crippen LogP contribution in [-0.2, 0) is 11.2 Å². The summed E-state index contributed by atoms with van der Waals surface area (Å²) in [5.74, 6) is 0.793. The summed E-state index contributed by atoms with van der Waals surface area (Å²) in [5, 5.41) is 2.79. The molecule has 134 valence electrons. The van der Waals surface area contributed by atoms with Gasteiger partial charge in [-0.1, -0.05) is 19.1 Å². The number of halogens is 2. The Balaban J connectivity index is 0.00000225. The summed E-state index contributed by atoms with van der Waals surface area (Å²) in [6.45, 7) is 2.10. The van der Waals surface area contributed by atoms with Crippen molar-refractivity contribution >= 4 is 29.7 Å². The lowest BCUT2D eigenvalue weighted by molar-refractivity contribution is -0.116. The SMILES string of the molecule is CC(CC(=O)Nc1cc2c(cc1N)OCO2)Cc1cccc(F)c1.Cl. The van der Waals surface area contributed by atoms with Crippen LogP contribution in [0.15, 0.2) is 36.4 Å². The van der Waals surface area contributed by atoms with Gasteiger partial charge in [-0.25, -0.2) is 4.39 Å². The first-order valence-corrected chi connectivity index (χ1v) is 7.74. The largest absolute Gasteiger partial charge is 0.454 e. The van der Waals surface area contributed by atoms with Crippen molar-refractivity contribution in [1.29, 1.82) is 0 Å². The highest BCUT2D eigenvalue weighted by molar-refractivity contribution is 5.94. The third-order valence-electron chi connectivity index (χ3n) is 3.83. The highest BCUT2D eigenvalue weighted by Gasteiger charge is 2.18. The number of hydrogen-bond donors (Lipinski definition) is 2. The molecule has 0 bridgehead atoms. The Bertz CT molecular complexity index is 770. The van der Waals surface area contributed by atoms with Crippen molar-refractivity contribution in [2.75, 3.05) is 17.8 Å². The van der Waals surface area contributed by atoms with Crippen LogP contribution in [0, 0.1) is 11.7 Å². The molecule has 5 nitrogen and oxygen atoms in total. The number of anilines is 2. The quantitative estimate of drug-likeness (QED) is 0.790. The van der Waals surface area contributed by atoms with Crippen LogP contribution in [0.4, 0.5) is 15.8 Å². The molecule has 0 fully saturated rings. The van der Waals surface area contributed by atoms with E-state index in [2.05, 4.69) is 5.32 Å². The molecule has 3 N–H and O–H groups in total. The van der Waals surface area contributed by atoms with E-state index >= 15 is 0 Å². The number of nitrogens with two attached hydrogens (primary N) is 1. The molecule has 0 saturated carbocycles. The second kappa shape index (κ2) is 8.07. The first-order valence-electron chi connectivity index (χ1n) is 7.74. The zero-order chi connectivity index (χ0) is 17.1. The Morgan fingerprint density at radius 1 is 1.28 bits per heavy atom. The number of hydrogen-bond acceptors (Lipinski definition) is 4. The second-order valence-electron chi connectivity index (χ2n) is 5.98. The van der Waals surface area contributed by atoms with Crippen LogP contribution in [0.5, 0.6) is 11.5 Å². The number of benzene rings is 2. The van der Waals surface area contributed by atoms with Gasteiger partial charge in [0, 0.05) is 18.6 Å². The molecule has 1 aliphatic heterocycles. The smallest absolute Gasteiger partial charge is 0.231 e. The third-order valence-corrected chi connectivity index (χ3v) is 3.83. The number of fused-ring (bicyclic) bond motifs is 1. The topological polar surface area (TPSA) is 73.6 Å². The van der Waals surface area contributed by atoms with E-state index in [-0.39, 0.29) is 36.8 Å². The van der Waals surface area contributed by atoms with Crippen molar-refractivity contribution in [2.45, 2.75) is 19.8 Å². The average molecular weight is 367 g/mol. The number of nitrogen functional groups attached to an aromatic ring is 1. The zero-order valence-corrected chi connectivity index (χ0v) is 14.6. The normalized spacial score (nSPS) is 13.0. The maximum Gasteiger partial charge on any atom is 0.231 e. The maximum atomic E-state index is 13.2. The molecular formula is C18H20ClFN2O3. The number of carbonyl (C=O) groups excluding carboxylic acids is 1. The molecule has 7 heteroatoms. The van der Waals surface area contributed by atoms with E-state index in [9.17, 15) is 9.18 Å². The molecule has 1 aliphatic rings. The highest BCUT2D eigenvalue weighted by Crippen LogP contribution is 2.38. The maximum absolute atomic E-state index is 13.2. The molecule has 2 aromatic carbocycles. The second-order valence-corrected chi connectivity index (χ2v) is 5.98. The summed E-state index contributed by atoms with van der Waals surface area (Å²) < 4.78 is 23.7. The van der Waals surface area contributed by atoms with E-state index in [0.29, 0.717) is 35.7 Å². The Morgan fingerprint density at radius 3 is 2.72 bits per heavy atom. The first kappa shape index (κ1) is 18.9. The van der Waals surface area contributed by atoms with E-state index in [1.807, 2.05) is 13.0 Å². The van der Waals surface area contributed by atoms with Crippen LogP contribution in [0.3, 0.4) is 0 Å². The summed E-state index contributed by atoms with van der Waals surface area (Å²) in [6.07, 6.45) is 0.937. The van der Waals surface area contributed by atoms with Gasteiger partial charge in [-0.3, -0.25) is 4.79 Å². The number of carbonyl (C=O) groups is 1. The van der Waals surface area contributed by atoms with Crippen molar-refractivity contribution in [3.05, 3.63) is 47.8 Å². The van der Waals surface area contributed by atoms with Gasteiger partial charge in [-0.2, -0.15) is 0 Å². The van der Waals surface area contributed by atoms with Gasteiger partial charge >= 0.3 is 0 Å². The predicted molar refractivity (Wildman–Crippen MR) is 96.7 cm³/mol. The molecule has 25 heavy (non-hydrogen) atoms. The van der Waals surface area contributed by atoms with E-state index < -0.39 is 0 Å². The third kappa shape index (κ3) is 4.76. The monoisotopic (exact) mass is 366 g/mol. The Labute approximate surface area is 151 Å². The molecule has 2 aromatic rings.